The fraction of sp³-hybridized carbons (Fsp3) is 0.588. The van der Waals surface area contributed by atoms with Gasteiger partial charge in [0.05, 0.1) is 24.6 Å². The van der Waals surface area contributed by atoms with Crippen LogP contribution >= 0.6 is 0 Å². The van der Waals surface area contributed by atoms with Crippen LogP contribution in [0.25, 0.3) is 0 Å². The van der Waals surface area contributed by atoms with Crippen molar-refractivity contribution >= 4 is 5.91 Å². The molecule has 0 spiro atoms. The maximum Gasteiger partial charge on any atom is 0.244 e. The van der Waals surface area contributed by atoms with Gasteiger partial charge in [-0.15, -0.1) is 5.10 Å². The number of ether oxygens (including phenoxy) is 1. The molecule has 0 radical (unpaired) electrons. The zero-order valence-corrected chi connectivity index (χ0v) is 13.6. The molecule has 2 aromatic rings. The Morgan fingerprint density at radius 3 is 3.00 bits per heavy atom. The van der Waals surface area contributed by atoms with E-state index in [9.17, 15) is 4.79 Å². The molecule has 3 heterocycles. The molecule has 1 saturated heterocycles. The highest BCUT2D eigenvalue weighted by atomic mass is 16.5. The van der Waals surface area contributed by atoms with Gasteiger partial charge in [-0.3, -0.25) is 4.79 Å². The summed E-state index contributed by atoms with van der Waals surface area (Å²) in [6.45, 7) is 2.02. The van der Waals surface area contributed by atoms with Crippen LogP contribution in [0.15, 0.2) is 29.0 Å². The van der Waals surface area contributed by atoms with Crippen molar-refractivity contribution in [1.82, 2.24) is 19.9 Å². The number of nitrogens with zero attached hydrogens (tertiary/aromatic N) is 4. The molecule has 1 aliphatic heterocycles. The van der Waals surface area contributed by atoms with E-state index in [0.717, 1.165) is 30.9 Å². The minimum absolute atomic E-state index is 0.00847. The minimum atomic E-state index is 0.00847. The van der Waals surface area contributed by atoms with Crippen LogP contribution in [0.2, 0.25) is 0 Å². The number of aromatic nitrogens is 3. The lowest BCUT2D eigenvalue weighted by Gasteiger charge is -2.24. The van der Waals surface area contributed by atoms with Gasteiger partial charge < -0.3 is 14.1 Å². The molecule has 7 nitrogen and oxygen atoms in total. The fourth-order valence-electron chi connectivity index (χ4n) is 3.07. The van der Waals surface area contributed by atoms with Gasteiger partial charge in [0.2, 0.25) is 5.91 Å². The Hall–Kier alpha value is -2.15. The largest absolute Gasteiger partial charge is 0.467 e. The van der Waals surface area contributed by atoms with Crippen molar-refractivity contribution in [3.05, 3.63) is 36.0 Å². The van der Waals surface area contributed by atoms with Gasteiger partial charge in [0.15, 0.2) is 0 Å². The third-order valence-corrected chi connectivity index (χ3v) is 4.58. The number of carbonyl (C=O) groups excluding carboxylic acids is 1. The number of hydrogen-bond acceptors (Lipinski definition) is 5. The fourth-order valence-corrected chi connectivity index (χ4v) is 3.07. The minimum Gasteiger partial charge on any atom is -0.467 e. The van der Waals surface area contributed by atoms with E-state index >= 15 is 0 Å². The second-order valence-electron chi connectivity index (χ2n) is 6.60. The standard InChI is InChI=1S/C17H22N4O3/c22-17(12-21-11-16(18-19-21)13-5-6-13)20(9-14-3-1-7-23-14)10-15-4-2-8-24-15/h1,3,7,11,13,15H,2,4-6,8-10,12H2/t15-/m0/s1. The molecule has 128 valence electrons. The summed E-state index contributed by atoms with van der Waals surface area (Å²) in [4.78, 5) is 14.6. The predicted octanol–water partition coefficient (Wildman–Crippen LogP) is 1.96. The van der Waals surface area contributed by atoms with Gasteiger partial charge in [0.25, 0.3) is 0 Å². The molecule has 1 amide bonds. The molecular formula is C17H22N4O3. The van der Waals surface area contributed by atoms with Crippen LogP contribution in [0, 0.1) is 0 Å². The molecule has 2 fully saturated rings. The second kappa shape index (κ2) is 6.76. The zero-order chi connectivity index (χ0) is 16.4. The van der Waals surface area contributed by atoms with Crippen molar-refractivity contribution < 1.29 is 13.9 Å². The Morgan fingerprint density at radius 2 is 2.29 bits per heavy atom. The molecule has 1 aliphatic carbocycles. The summed E-state index contributed by atoms with van der Waals surface area (Å²) in [6.07, 6.45) is 8.04. The Morgan fingerprint density at radius 1 is 1.38 bits per heavy atom. The topological polar surface area (TPSA) is 73.4 Å². The van der Waals surface area contributed by atoms with Gasteiger partial charge in [-0.2, -0.15) is 0 Å². The number of rotatable bonds is 7. The van der Waals surface area contributed by atoms with E-state index in [1.807, 2.05) is 18.3 Å². The summed E-state index contributed by atoms with van der Waals surface area (Å²) in [7, 11) is 0. The highest BCUT2D eigenvalue weighted by Gasteiger charge is 2.27. The Kier molecular flexibility index (Phi) is 4.34. The zero-order valence-electron chi connectivity index (χ0n) is 13.6. The highest BCUT2D eigenvalue weighted by molar-refractivity contribution is 5.75. The van der Waals surface area contributed by atoms with E-state index in [-0.39, 0.29) is 18.6 Å². The molecule has 0 N–H and O–H groups in total. The average molecular weight is 330 g/mol. The van der Waals surface area contributed by atoms with Gasteiger partial charge in [-0.1, -0.05) is 5.21 Å². The molecule has 2 aliphatic rings. The number of hydrogen-bond donors (Lipinski definition) is 0. The Balaban J connectivity index is 1.42. The lowest BCUT2D eigenvalue weighted by Crippen LogP contribution is -2.38. The SMILES string of the molecule is O=C(Cn1cc(C2CC2)nn1)N(Cc1ccco1)C[C@@H]1CCCO1. The summed E-state index contributed by atoms with van der Waals surface area (Å²) in [6, 6.07) is 3.72. The van der Waals surface area contributed by atoms with Crippen LogP contribution < -0.4 is 0 Å². The highest BCUT2D eigenvalue weighted by Crippen LogP contribution is 2.38. The normalized spacial score (nSPS) is 20.4. The number of furan rings is 1. The van der Waals surface area contributed by atoms with Crippen LogP contribution in [0.1, 0.15) is 43.1 Å². The van der Waals surface area contributed by atoms with Crippen LogP contribution in [-0.2, 0) is 22.6 Å². The van der Waals surface area contributed by atoms with Crippen molar-refractivity contribution in [2.75, 3.05) is 13.2 Å². The molecular weight excluding hydrogens is 308 g/mol. The van der Waals surface area contributed by atoms with Crippen LogP contribution in [0.5, 0.6) is 0 Å². The molecule has 1 saturated carbocycles. The van der Waals surface area contributed by atoms with Gasteiger partial charge in [0, 0.05) is 25.3 Å². The first-order valence-electron chi connectivity index (χ1n) is 8.60. The lowest BCUT2D eigenvalue weighted by atomic mass is 10.2. The van der Waals surface area contributed by atoms with E-state index in [2.05, 4.69) is 10.3 Å². The van der Waals surface area contributed by atoms with Crippen molar-refractivity contribution in [2.24, 2.45) is 0 Å². The molecule has 7 heteroatoms. The van der Waals surface area contributed by atoms with Crippen molar-refractivity contribution in [1.29, 1.82) is 0 Å². The van der Waals surface area contributed by atoms with Crippen molar-refractivity contribution in [3.8, 4) is 0 Å². The molecule has 2 aromatic heterocycles. The van der Waals surface area contributed by atoms with Crippen LogP contribution in [0.3, 0.4) is 0 Å². The van der Waals surface area contributed by atoms with E-state index in [1.165, 1.54) is 12.8 Å². The van der Waals surface area contributed by atoms with Crippen molar-refractivity contribution in [3.63, 3.8) is 0 Å². The van der Waals surface area contributed by atoms with E-state index < -0.39 is 0 Å². The molecule has 0 bridgehead atoms. The summed E-state index contributed by atoms with van der Waals surface area (Å²) in [5.41, 5.74) is 1.000. The smallest absolute Gasteiger partial charge is 0.244 e. The Labute approximate surface area is 140 Å². The Bertz CT molecular complexity index is 672. The number of amides is 1. The average Bonchev–Trinajstić information content (AvgIpc) is 3.01. The first kappa shape index (κ1) is 15.4. The monoisotopic (exact) mass is 330 g/mol. The molecule has 24 heavy (non-hydrogen) atoms. The molecule has 0 aromatic carbocycles. The third-order valence-electron chi connectivity index (χ3n) is 4.58. The van der Waals surface area contributed by atoms with Gasteiger partial charge in [-0.05, 0) is 37.8 Å². The summed E-state index contributed by atoms with van der Waals surface area (Å²) >= 11 is 0. The maximum atomic E-state index is 12.8. The van der Waals surface area contributed by atoms with E-state index in [0.29, 0.717) is 19.0 Å². The quantitative estimate of drug-likeness (QED) is 0.776. The second-order valence-corrected chi connectivity index (χ2v) is 6.60. The molecule has 1 atom stereocenters. The lowest BCUT2D eigenvalue weighted by molar-refractivity contribution is -0.134. The first-order valence-corrected chi connectivity index (χ1v) is 8.60. The summed E-state index contributed by atoms with van der Waals surface area (Å²) < 4.78 is 12.7. The summed E-state index contributed by atoms with van der Waals surface area (Å²) in [5.74, 6) is 1.33. The van der Waals surface area contributed by atoms with E-state index in [4.69, 9.17) is 9.15 Å². The third kappa shape index (κ3) is 3.67. The van der Waals surface area contributed by atoms with E-state index in [1.54, 1.807) is 15.8 Å². The summed E-state index contributed by atoms with van der Waals surface area (Å²) in [5, 5.41) is 8.26. The van der Waals surface area contributed by atoms with Crippen LogP contribution in [0.4, 0.5) is 0 Å². The van der Waals surface area contributed by atoms with Gasteiger partial charge in [-0.25, -0.2) is 4.68 Å². The van der Waals surface area contributed by atoms with Gasteiger partial charge >= 0.3 is 0 Å². The first-order chi connectivity index (χ1) is 11.8. The molecule has 4 rings (SSSR count). The maximum absolute atomic E-state index is 12.8. The van der Waals surface area contributed by atoms with Gasteiger partial charge in [0.1, 0.15) is 12.3 Å². The number of carbonyl (C=O) groups is 1. The molecule has 0 unspecified atom stereocenters. The van der Waals surface area contributed by atoms with Crippen molar-refractivity contribution in [2.45, 2.75) is 50.8 Å². The van der Waals surface area contributed by atoms with Crippen LogP contribution in [-0.4, -0.2) is 45.1 Å². The predicted molar refractivity (Wildman–Crippen MR) is 85.1 cm³/mol.